The number of nitrogens with one attached hydrogen (secondary N) is 1. The number of rotatable bonds is 17. The molecular formula is C30H41ClN2O4. The number of aliphatic carboxylic acids is 1. The zero-order valence-electron chi connectivity index (χ0n) is 22.0. The molecule has 2 N–H and O–H groups in total. The molecule has 0 aliphatic rings. The Labute approximate surface area is 226 Å². The average Bonchev–Trinajstić information content (AvgIpc) is 2.89. The van der Waals surface area contributed by atoms with Crippen LogP contribution in [0.15, 0.2) is 48.5 Å². The maximum atomic E-state index is 12.5. The van der Waals surface area contributed by atoms with E-state index in [-0.39, 0.29) is 19.0 Å². The van der Waals surface area contributed by atoms with E-state index in [2.05, 4.69) is 12.2 Å². The van der Waals surface area contributed by atoms with Gasteiger partial charge in [0.25, 0.3) is 5.91 Å². The van der Waals surface area contributed by atoms with Crippen LogP contribution in [0.1, 0.15) is 92.6 Å². The number of carbonyl (C=O) groups excluding carboxylic acids is 2. The molecule has 37 heavy (non-hydrogen) atoms. The zero-order chi connectivity index (χ0) is 26.9. The molecule has 0 bridgehead atoms. The summed E-state index contributed by atoms with van der Waals surface area (Å²) in [4.78, 5) is 37.3. The summed E-state index contributed by atoms with van der Waals surface area (Å²) in [5.74, 6) is -2.57. The van der Waals surface area contributed by atoms with Gasteiger partial charge < -0.3 is 15.3 Å². The largest absolute Gasteiger partial charge is 0.474 e. The fraction of sp³-hybridized carbons (Fsp3) is 0.500. The zero-order valence-corrected chi connectivity index (χ0v) is 22.8. The number of hydrogen-bond donors (Lipinski definition) is 2. The van der Waals surface area contributed by atoms with Crippen LogP contribution in [0, 0.1) is 0 Å². The van der Waals surface area contributed by atoms with E-state index in [1.54, 1.807) is 36.4 Å². The van der Waals surface area contributed by atoms with Gasteiger partial charge in [-0.25, -0.2) is 4.79 Å². The van der Waals surface area contributed by atoms with Crippen LogP contribution in [0.2, 0.25) is 5.02 Å². The first-order valence-corrected chi connectivity index (χ1v) is 13.9. The van der Waals surface area contributed by atoms with Crippen molar-refractivity contribution < 1.29 is 19.5 Å². The quantitative estimate of drug-likeness (QED) is 0.178. The number of unbranched alkanes of at least 4 members (excludes halogenated alkanes) is 9. The summed E-state index contributed by atoms with van der Waals surface area (Å²) in [7, 11) is 0. The van der Waals surface area contributed by atoms with Gasteiger partial charge in [0.1, 0.15) is 0 Å². The van der Waals surface area contributed by atoms with E-state index in [4.69, 9.17) is 11.6 Å². The summed E-state index contributed by atoms with van der Waals surface area (Å²) >= 11 is 6.02. The van der Waals surface area contributed by atoms with Crippen LogP contribution in [-0.4, -0.2) is 40.9 Å². The molecule has 6 nitrogen and oxygen atoms in total. The van der Waals surface area contributed by atoms with E-state index < -0.39 is 11.9 Å². The van der Waals surface area contributed by atoms with Crippen molar-refractivity contribution in [3.63, 3.8) is 0 Å². The lowest BCUT2D eigenvalue weighted by molar-refractivity contribution is -0.156. The van der Waals surface area contributed by atoms with Crippen molar-refractivity contribution in [2.24, 2.45) is 0 Å². The van der Waals surface area contributed by atoms with E-state index in [0.717, 1.165) is 24.0 Å². The van der Waals surface area contributed by atoms with Crippen LogP contribution in [0.25, 0.3) is 0 Å². The van der Waals surface area contributed by atoms with Gasteiger partial charge in [0.15, 0.2) is 0 Å². The minimum atomic E-state index is -1.49. The number of carboxylic acid groups (broad SMARTS) is 1. The average molecular weight is 529 g/mol. The predicted molar refractivity (Wildman–Crippen MR) is 149 cm³/mol. The maximum absolute atomic E-state index is 12.5. The fourth-order valence-corrected chi connectivity index (χ4v) is 4.46. The summed E-state index contributed by atoms with van der Waals surface area (Å²) in [5.41, 5.74) is 2.22. The Hall–Kier alpha value is -2.86. The van der Waals surface area contributed by atoms with Gasteiger partial charge in [-0.05, 0) is 48.2 Å². The number of hydrogen-bond acceptors (Lipinski definition) is 3. The molecule has 0 saturated carbocycles. The first-order chi connectivity index (χ1) is 17.9. The van der Waals surface area contributed by atoms with Crippen LogP contribution < -0.4 is 5.32 Å². The molecule has 0 saturated heterocycles. The third kappa shape index (κ3) is 12.3. The Morgan fingerprint density at radius 1 is 0.838 bits per heavy atom. The molecule has 2 rings (SSSR count). The van der Waals surface area contributed by atoms with E-state index in [1.165, 1.54) is 56.3 Å². The van der Waals surface area contributed by atoms with Gasteiger partial charge in [-0.3, -0.25) is 9.59 Å². The number of amides is 2. The van der Waals surface area contributed by atoms with Crippen LogP contribution in [0.4, 0.5) is 0 Å². The molecule has 0 spiro atoms. The normalized spacial score (nSPS) is 10.8. The van der Waals surface area contributed by atoms with Crippen molar-refractivity contribution in [3.05, 3.63) is 70.2 Å². The molecule has 2 amide bonds. The van der Waals surface area contributed by atoms with E-state index in [1.807, 2.05) is 12.1 Å². The molecule has 2 aromatic carbocycles. The number of benzene rings is 2. The molecule has 0 aliphatic heterocycles. The van der Waals surface area contributed by atoms with Crippen molar-refractivity contribution in [2.45, 2.75) is 84.1 Å². The first-order valence-electron chi connectivity index (χ1n) is 13.5. The van der Waals surface area contributed by atoms with E-state index >= 15 is 0 Å². The molecule has 2 aromatic rings. The Morgan fingerprint density at radius 3 is 2.05 bits per heavy atom. The van der Waals surface area contributed by atoms with Gasteiger partial charge in [-0.15, -0.1) is 0 Å². The lowest BCUT2D eigenvalue weighted by Gasteiger charge is -2.21. The molecule has 7 heteroatoms. The second kappa shape index (κ2) is 17.6. The SMILES string of the molecule is CCCCCCCCCCCCNC(=O)c1ccc(CN(CCc2cccc(Cl)c2)C(=O)C(=O)O)cc1. The van der Waals surface area contributed by atoms with Crippen LogP contribution >= 0.6 is 11.6 Å². The minimum Gasteiger partial charge on any atom is -0.474 e. The molecule has 0 aliphatic carbocycles. The molecule has 0 heterocycles. The Kier molecular flexibility index (Phi) is 14.4. The van der Waals surface area contributed by atoms with Crippen LogP contribution in [-0.2, 0) is 22.6 Å². The van der Waals surface area contributed by atoms with Crippen molar-refractivity contribution in [1.82, 2.24) is 10.2 Å². The molecular weight excluding hydrogens is 488 g/mol. The molecule has 0 radical (unpaired) electrons. The molecule has 0 aromatic heterocycles. The Morgan fingerprint density at radius 2 is 1.46 bits per heavy atom. The van der Waals surface area contributed by atoms with Crippen LogP contribution in [0.5, 0.6) is 0 Å². The number of halogens is 1. The van der Waals surface area contributed by atoms with Crippen molar-refractivity contribution >= 4 is 29.4 Å². The maximum Gasteiger partial charge on any atom is 0.394 e. The minimum absolute atomic E-state index is 0.123. The fourth-order valence-electron chi connectivity index (χ4n) is 4.24. The molecule has 0 unspecified atom stereocenters. The Bertz CT molecular complexity index is 978. The first kappa shape index (κ1) is 30.4. The van der Waals surface area contributed by atoms with Gasteiger partial charge >= 0.3 is 11.9 Å². The second-order valence-corrected chi connectivity index (χ2v) is 9.98. The van der Waals surface area contributed by atoms with Gasteiger partial charge in [-0.2, -0.15) is 0 Å². The smallest absolute Gasteiger partial charge is 0.394 e. The number of carboxylic acids is 1. The van der Waals surface area contributed by atoms with Crippen molar-refractivity contribution in [3.8, 4) is 0 Å². The van der Waals surface area contributed by atoms with Gasteiger partial charge in [0.2, 0.25) is 0 Å². The highest BCUT2D eigenvalue weighted by Gasteiger charge is 2.21. The predicted octanol–water partition coefficient (Wildman–Crippen LogP) is 6.65. The number of carbonyl (C=O) groups is 3. The highest BCUT2D eigenvalue weighted by molar-refractivity contribution is 6.31. The lowest BCUT2D eigenvalue weighted by atomic mass is 10.1. The number of nitrogens with zero attached hydrogens (tertiary/aromatic N) is 1. The molecule has 202 valence electrons. The van der Waals surface area contributed by atoms with Gasteiger partial charge in [0.05, 0.1) is 0 Å². The summed E-state index contributed by atoms with van der Waals surface area (Å²) in [6.07, 6.45) is 13.0. The molecule has 0 fully saturated rings. The summed E-state index contributed by atoms with van der Waals surface area (Å²) < 4.78 is 0. The topological polar surface area (TPSA) is 86.7 Å². The Balaban J connectivity index is 1.74. The third-order valence-corrected chi connectivity index (χ3v) is 6.67. The van der Waals surface area contributed by atoms with E-state index in [9.17, 15) is 19.5 Å². The molecule has 0 atom stereocenters. The van der Waals surface area contributed by atoms with Gasteiger partial charge in [-0.1, -0.05) is 101 Å². The van der Waals surface area contributed by atoms with E-state index in [0.29, 0.717) is 23.6 Å². The van der Waals surface area contributed by atoms with Crippen molar-refractivity contribution in [1.29, 1.82) is 0 Å². The summed E-state index contributed by atoms with van der Waals surface area (Å²) in [5, 5.41) is 12.8. The summed E-state index contributed by atoms with van der Waals surface area (Å²) in [6.45, 7) is 3.28. The standard InChI is InChI=1S/C30H41ClN2O4/c1-2-3-4-5-6-7-8-9-10-11-20-32-28(34)26-17-15-25(16-18-26)23-33(29(35)30(36)37)21-19-24-13-12-14-27(31)22-24/h12-18,22H,2-11,19-21,23H2,1H3,(H,32,34)(H,36,37). The second-order valence-electron chi connectivity index (χ2n) is 9.55. The summed E-state index contributed by atoms with van der Waals surface area (Å²) in [6, 6.07) is 14.2. The lowest BCUT2D eigenvalue weighted by Crippen LogP contribution is -2.37. The highest BCUT2D eigenvalue weighted by atomic mass is 35.5. The monoisotopic (exact) mass is 528 g/mol. The van der Waals surface area contributed by atoms with Gasteiger partial charge in [0, 0.05) is 30.2 Å². The highest BCUT2D eigenvalue weighted by Crippen LogP contribution is 2.14. The van der Waals surface area contributed by atoms with Crippen LogP contribution in [0.3, 0.4) is 0 Å². The third-order valence-electron chi connectivity index (χ3n) is 6.44. The van der Waals surface area contributed by atoms with Crippen molar-refractivity contribution in [2.75, 3.05) is 13.1 Å².